The highest BCUT2D eigenvalue weighted by atomic mass is 16.5. The lowest BCUT2D eigenvalue weighted by Gasteiger charge is -2.28. The van der Waals surface area contributed by atoms with Crippen molar-refractivity contribution in [3.63, 3.8) is 0 Å². The highest BCUT2D eigenvalue weighted by Crippen LogP contribution is 2.34. The standard InChI is InChI=1S/C26H31N3O5/c1-33-22-8-4-6-18-10-12-19(27-23(18)22)11-9-17-5-3-7-20(15-17)28-24-21(26(32)34-2)16-29(13-14-30)25(24)31/h3-8,15,19,27-28,30H,9-14,16H2,1-2H3. The minimum Gasteiger partial charge on any atom is -0.495 e. The second-order valence-corrected chi connectivity index (χ2v) is 8.53. The molecule has 2 aliphatic heterocycles. The molecule has 2 aromatic rings. The zero-order chi connectivity index (χ0) is 24.1. The van der Waals surface area contributed by atoms with Crippen molar-refractivity contribution < 1.29 is 24.2 Å². The maximum atomic E-state index is 12.8. The summed E-state index contributed by atoms with van der Waals surface area (Å²) in [6.45, 7) is 0.105. The third-order valence-corrected chi connectivity index (χ3v) is 6.37. The van der Waals surface area contributed by atoms with Crippen LogP contribution in [0.4, 0.5) is 11.4 Å². The Hall–Kier alpha value is -3.52. The van der Waals surface area contributed by atoms with Crippen molar-refractivity contribution in [1.82, 2.24) is 4.90 Å². The number of aliphatic hydroxyl groups excluding tert-OH is 1. The average molecular weight is 466 g/mol. The first kappa shape index (κ1) is 23.6. The van der Waals surface area contributed by atoms with E-state index in [0.29, 0.717) is 6.04 Å². The summed E-state index contributed by atoms with van der Waals surface area (Å²) in [5.41, 5.74) is 4.71. The van der Waals surface area contributed by atoms with Crippen LogP contribution >= 0.6 is 0 Å². The van der Waals surface area contributed by atoms with Crippen molar-refractivity contribution in [2.24, 2.45) is 0 Å². The number of hydrogen-bond acceptors (Lipinski definition) is 7. The monoisotopic (exact) mass is 465 g/mol. The smallest absolute Gasteiger partial charge is 0.337 e. The molecule has 0 spiro atoms. The van der Waals surface area contributed by atoms with E-state index in [-0.39, 0.29) is 36.9 Å². The fraction of sp³-hybridized carbons (Fsp3) is 0.385. The number of β-amino-alcohol motifs (C(OH)–C–C–N with tert-alkyl or cyclic N) is 1. The van der Waals surface area contributed by atoms with Gasteiger partial charge in [0.2, 0.25) is 0 Å². The summed E-state index contributed by atoms with van der Waals surface area (Å²) in [4.78, 5) is 26.4. The summed E-state index contributed by atoms with van der Waals surface area (Å²) in [6.07, 6.45) is 3.90. The average Bonchev–Trinajstić information content (AvgIpc) is 3.17. The first-order chi connectivity index (χ1) is 16.5. The number of hydrogen-bond donors (Lipinski definition) is 3. The summed E-state index contributed by atoms with van der Waals surface area (Å²) in [5.74, 6) is 0.00459. The number of para-hydroxylation sites is 1. The number of nitrogens with zero attached hydrogens (tertiary/aromatic N) is 1. The topological polar surface area (TPSA) is 100 Å². The van der Waals surface area contributed by atoms with Gasteiger partial charge in [-0.3, -0.25) is 4.79 Å². The molecule has 1 unspecified atom stereocenters. The van der Waals surface area contributed by atoms with Gasteiger partial charge in [0.15, 0.2) is 0 Å². The summed E-state index contributed by atoms with van der Waals surface area (Å²) in [7, 11) is 2.98. The van der Waals surface area contributed by atoms with Gasteiger partial charge in [0.25, 0.3) is 5.91 Å². The Morgan fingerprint density at radius 2 is 2.06 bits per heavy atom. The summed E-state index contributed by atoms with van der Waals surface area (Å²) in [5, 5.41) is 16.0. The Bertz CT molecular complexity index is 1080. The van der Waals surface area contributed by atoms with E-state index in [4.69, 9.17) is 9.47 Å². The molecule has 0 saturated carbocycles. The minimum absolute atomic E-state index is 0.117. The zero-order valence-corrected chi connectivity index (χ0v) is 19.6. The molecule has 0 saturated heterocycles. The van der Waals surface area contributed by atoms with E-state index in [1.54, 1.807) is 7.11 Å². The van der Waals surface area contributed by atoms with Gasteiger partial charge >= 0.3 is 5.97 Å². The van der Waals surface area contributed by atoms with Crippen molar-refractivity contribution in [3.05, 3.63) is 64.9 Å². The highest BCUT2D eigenvalue weighted by molar-refractivity contribution is 6.08. The number of methoxy groups -OCH3 is 2. The van der Waals surface area contributed by atoms with E-state index in [2.05, 4.69) is 22.8 Å². The van der Waals surface area contributed by atoms with Gasteiger partial charge in [-0.2, -0.15) is 0 Å². The van der Waals surface area contributed by atoms with Crippen LogP contribution in [0.5, 0.6) is 5.75 Å². The van der Waals surface area contributed by atoms with Gasteiger partial charge < -0.3 is 30.1 Å². The molecule has 180 valence electrons. The summed E-state index contributed by atoms with van der Waals surface area (Å²) >= 11 is 0. The van der Waals surface area contributed by atoms with Crippen LogP contribution in [0.25, 0.3) is 0 Å². The molecule has 2 heterocycles. The fourth-order valence-corrected chi connectivity index (χ4v) is 4.58. The van der Waals surface area contributed by atoms with E-state index >= 15 is 0 Å². The molecule has 8 heteroatoms. The first-order valence-corrected chi connectivity index (χ1v) is 11.5. The molecule has 0 aliphatic carbocycles. The number of amides is 1. The Kier molecular flexibility index (Phi) is 7.37. The number of aliphatic hydroxyl groups is 1. The minimum atomic E-state index is -0.550. The lowest BCUT2D eigenvalue weighted by molar-refractivity contribution is -0.136. The number of ether oxygens (including phenoxy) is 2. The fourth-order valence-electron chi connectivity index (χ4n) is 4.58. The van der Waals surface area contributed by atoms with Gasteiger partial charge in [0.05, 0.1) is 38.6 Å². The van der Waals surface area contributed by atoms with Crippen LogP contribution in [0.3, 0.4) is 0 Å². The maximum Gasteiger partial charge on any atom is 0.337 e. The van der Waals surface area contributed by atoms with E-state index < -0.39 is 5.97 Å². The van der Waals surface area contributed by atoms with Crippen LogP contribution in [0.2, 0.25) is 0 Å². The Morgan fingerprint density at radius 3 is 2.82 bits per heavy atom. The molecule has 8 nitrogen and oxygen atoms in total. The molecule has 0 aromatic heterocycles. The SMILES string of the molecule is COC(=O)C1=C(Nc2cccc(CCC3CCc4cccc(OC)c4N3)c2)C(=O)N(CCO)C1. The molecule has 2 aliphatic rings. The lowest BCUT2D eigenvalue weighted by Crippen LogP contribution is -2.31. The van der Waals surface area contributed by atoms with Crippen molar-refractivity contribution in [3.8, 4) is 5.75 Å². The number of rotatable bonds is 9. The number of nitrogens with one attached hydrogen (secondary N) is 2. The van der Waals surface area contributed by atoms with Gasteiger partial charge in [-0.25, -0.2) is 4.79 Å². The van der Waals surface area contributed by atoms with Crippen molar-refractivity contribution in [2.45, 2.75) is 31.7 Å². The maximum absolute atomic E-state index is 12.8. The predicted molar refractivity (Wildman–Crippen MR) is 130 cm³/mol. The van der Waals surface area contributed by atoms with Gasteiger partial charge in [-0.15, -0.1) is 0 Å². The Balaban J connectivity index is 1.43. The molecule has 34 heavy (non-hydrogen) atoms. The van der Waals surface area contributed by atoms with Crippen LogP contribution < -0.4 is 15.4 Å². The molecule has 1 atom stereocenters. The number of esters is 1. The zero-order valence-electron chi connectivity index (χ0n) is 19.6. The van der Waals surface area contributed by atoms with Crippen LogP contribution in [-0.2, 0) is 27.2 Å². The van der Waals surface area contributed by atoms with Crippen molar-refractivity contribution in [1.29, 1.82) is 0 Å². The number of carbonyl (C=O) groups excluding carboxylic acids is 2. The van der Waals surface area contributed by atoms with Crippen LogP contribution in [0.15, 0.2) is 53.7 Å². The third-order valence-electron chi connectivity index (χ3n) is 6.37. The predicted octanol–water partition coefficient (Wildman–Crippen LogP) is 2.73. The first-order valence-electron chi connectivity index (χ1n) is 11.5. The number of fused-ring (bicyclic) bond motifs is 1. The van der Waals surface area contributed by atoms with Gasteiger partial charge in [0.1, 0.15) is 11.4 Å². The van der Waals surface area contributed by atoms with E-state index in [1.165, 1.54) is 17.6 Å². The largest absolute Gasteiger partial charge is 0.495 e. The Morgan fingerprint density at radius 1 is 1.24 bits per heavy atom. The molecule has 4 rings (SSSR count). The van der Waals surface area contributed by atoms with Crippen molar-refractivity contribution in [2.75, 3.05) is 44.5 Å². The second kappa shape index (κ2) is 10.6. The molecule has 2 aromatic carbocycles. The quantitative estimate of drug-likeness (QED) is 0.490. The third kappa shape index (κ3) is 5.02. The molecule has 0 bridgehead atoms. The second-order valence-electron chi connectivity index (χ2n) is 8.53. The molecule has 3 N–H and O–H groups in total. The molecule has 1 amide bonds. The van der Waals surface area contributed by atoms with Gasteiger partial charge in [0, 0.05) is 18.3 Å². The van der Waals surface area contributed by atoms with Crippen LogP contribution in [0.1, 0.15) is 24.0 Å². The lowest BCUT2D eigenvalue weighted by atomic mass is 9.93. The molecular formula is C26H31N3O5. The van der Waals surface area contributed by atoms with Crippen LogP contribution in [-0.4, -0.2) is 61.8 Å². The molecule has 0 radical (unpaired) electrons. The van der Waals surface area contributed by atoms with Crippen molar-refractivity contribution >= 4 is 23.3 Å². The normalized spacial score (nSPS) is 17.3. The van der Waals surface area contributed by atoms with E-state index in [1.807, 2.05) is 30.3 Å². The van der Waals surface area contributed by atoms with E-state index in [9.17, 15) is 14.7 Å². The number of carbonyl (C=O) groups is 2. The number of aryl methyl sites for hydroxylation is 2. The molecular weight excluding hydrogens is 434 g/mol. The Labute approximate surface area is 199 Å². The summed E-state index contributed by atoms with van der Waals surface area (Å²) in [6, 6.07) is 14.4. The number of benzene rings is 2. The van der Waals surface area contributed by atoms with Gasteiger partial charge in [-0.05, 0) is 55.0 Å². The summed E-state index contributed by atoms with van der Waals surface area (Å²) < 4.78 is 10.4. The molecule has 0 fully saturated rings. The van der Waals surface area contributed by atoms with E-state index in [0.717, 1.165) is 48.4 Å². The highest BCUT2D eigenvalue weighted by Gasteiger charge is 2.34. The number of anilines is 2. The van der Waals surface area contributed by atoms with Gasteiger partial charge in [-0.1, -0.05) is 24.3 Å². The van der Waals surface area contributed by atoms with Crippen LogP contribution in [0, 0.1) is 0 Å².